The molecule has 0 aromatic heterocycles. The normalized spacial score (nSPS) is 9.95. The van der Waals surface area contributed by atoms with Gasteiger partial charge in [0, 0.05) is 13.5 Å². The topological polar surface area (TPSA) is 95.9 Å². The standard InChI is InChI=1S/C15H20N2O5/c1-4-5-6-12(19)17(2)13-11(16-9-18)8-7-10(15(20)21)14(13)22-3/h7-9H,4-6H2,1-3H3,(H,16,18)(H,20,21). The highest BCUT2D eigenvalue weighted by Gasteiger charge is 2.24. The molecule has 0 unspecified atom stereocenters. The number of carboxylic acids is 1. The largest absolute Gasteiger partial charge is 0.494 e. The van der Waals surface area contributed by atoms with Crippen LogP contribution in [0, 0.1) is 0 Å². The number of rotatable bonds is 8. The maximum absolute atomic E-state index is 12.2. The summed E-state index contributed by atoms with van der Waals surface area (Å²) in [6, 6.07) is 2.75. The van der Waals surface area contributed by atoms with Crippen molar-refractivity contribution in [1.29, 1.82) is 0 Å². The third-order valence-corrected chi connectivity index (χ3v) is 3.23. The van der Waals surface area contributed by atoms with E-state index >= 15 is 0 Å². The molecule has 0 radical (unpaired) electrons. The average Bonchev–Trinajstić information content (AvgIpc) is 2.51. The number of nitrogens with one attached hydrogen (secondary N) is 1. The van der Waals surface area contributed by atoms with Gasteiger partial charge in [0.25, 0.3) is 0 Å². The third-order valence-electron chi connectivity index (χ3n) is 3.23. The van der Waals surface area contributed by atoms with Gasteiger partial charge in [-0.1, -0.05) is 13.3 Å². The Morgan fingerprint density at radius 3 is 2.59 bits per heavy atom. The van der Waals surface area contributed by atoms with Crippen molar-refractivity contribution in [1.82, 2.24) is 0 Å². The molecule has 7 nitrogen and oxygen atoms in total. The summed E-state index contributed by atoms with van der Waals surface area (Å²) in [6.07, 6.45) is 2.38. The molecule has 22 heavy (non-hydrogen) atoms. The highest BCUT2D eigenvalue weighted by molar-refractivity contribution is 6.04. The monoisotopic (exact) mass is 308 g/mol. The second-order valence-electron chi connectivity index (χ2n) is 4.67. The highest BCUT2D eigenvalue weighted by Crippen LogP contribution is 2.38. The van der Waals surface area contributed by atoms with Crippen LogP contribution in [0.5, 0.6) is 5.75 Å². The first kappa shape index (κ1) is 17.5. The Balaban J connectivity index is 3.38. The molecule has 0 heterocycles. The van der Waals surface area contributed by atoms with Gasteiger partial charge in [-0.15, -0.1) is 0 Å². The van der Waals surface area contributed by atoms with E-state index in [0.29, 0.717) is 18.5 Å². The molecule has 0 fully saturated rings. The van der Waals surface area contributed by atoms with Crippen LogP contribution >= 0.6 is 0 Å². The number of ether oxygens (including phenoxy) is 1. The van der Waals surface area contributed by atoms with E-state index in [1.165, 1.54) is 31.2 Å². The fraction of sp³-hybridized carbons (Fsp3) is 0.400. The van der Waals surface area contributed by atoms with Crippen LogP contribution in [0.15, 0.2) is 12.1 Å². The number of amides is 2. The second kappa shape index (κ2) is 8.02. The molecule has 0 bridgehead atoms. The Morgan fingerprint density at radius 2 is 2.09 bits per heavy atom. The molecule has 1 rings (SSSR count). The van der Waals surface area contributed by atoms with E-state index in [4.69, 9.17) is 4.74 Å². The van der Waals surface area contributed by atoms with E-state index in [2.05, 4.69) is 5.32 Å². The van der Waals surface area contributed by atoms with Gasteiger partial charge in [-0.25, -0.2) is 4.79 Å². The number of carbonyl (C=O) groups excluding carboxylic acids is 2. The third kappa shape index (κ3) is 3.75. The van der Waals surface area contributed by atoms with E-state index < -0.39 is 5.97 Å². The van der Waals surface area contributed by atoms with Crippen molar-refractivity contribution in [2.75, 3.05) is 24.4 Å². The summed E-state index contributed by atoms with van der Waals surface area (Å²) in [5.74, 6) is -1.33. The van der Waals surface area contributed by atoms with E-state index in [-0.39, 0.29) is 22.9 Å². The van der Waals surface area contributed by atoms with E-state index in [1.54, 1.807) is 0 Å². The molecule has 2 amide bonds. The first-order chi connectivity index (χ1) is 10.5. The van der Waals surface area contributed by atoms with E-state index in [0.717, 1.165) is 12.8 Å². The minimum atomic E-state index is -1.18. The highest BCUT2D eigenvalue weighted by atomic mass is 16.5. The van der Waals surface area contributed by atoms with Gasteiger partial charge in [-0.3, -0.25) is 9.59 Å². The van der Waals surface area contributed by atoms with Crippen molar-refractivity contribution < 1.29 is 24.2 Å². The lowest BCUT2D eigenvalue weighted by atomic mass is 10.1. The van der Waals surface area contributed by atoms with E-state index in [1.807, 2.05) is 6.92 Å². The average molecular weight is 308 g/mol. The van der Waals surface area contributed by atoms with Gasteiger partial charge in [0.2, 0.25) is 12.3 Å². The van der Waals surface area contributed by atoms with Crippen molar-refractivity contribution in [3.05, 3.63) is 17.7 Å². The van der Waals surface area contributed by atoms with Crippen LogP contribution in [-0.2, 0) is 9.59 Å². The smallest absolute Gasteiger partial charge is 0.339 e. The number of nitrogens with zero attached hydrogens (tertiary/aromatic N) is 1. The van der Waals surface area contributed by atoms with Crippen LogP contribution in [0.2, 0.25) is 0 Å². The van der Waals surface area contributed by atoms with Crippen LogP contribution in [0.1, 0.15) is 36.5 Å². The molecule has 2 N–H and O–H groups in total. The minimum absolute atomic E-state index is 0.0340. The molecule has 0 saturated heterocycles. The number of unbranched alkanes of at least 4 members (excludes halogenated alkanes) is 1. The van der Waals surface area contributed by atoms with Crippen molar-refractivity contribution in [2.24, 2.45) is 0 Å². The Hall–Kier alpha value is -2.57. The van der Waals surface area contributed by atoms with Crippen LogP contribution < -0.4 is 15.0 Å². The van der Waals surface area contributed by atoms with Gasteiger partial charge in [0.15, 0.2) is 5.75 Å². The summed E-state index contributed by atoms with van der Waals surface area (Å²) in [5, 5.41) is 11.7. The van der Waals surface area contributed by atoms with Gasteiger partial charge < -0.3 is 20.1 Å². The Morgan fingerprint density at radius 1 is 1.41 bits per heavy atom. The fourth-order valence-corrected chi connectivity index (χ4v) is 2.08. The number of benzene rings is 1. The van der Waals surface area contributed by atoms with E-state index in [9.17, 15) is 19.5 Å². The molecule has 120 valence electrons. The molecule has 0 aliphatic heterocycles. The zero-order chi connectivity index (χ0) is 16.7. The minimum Gasteiger partial charge on any atom is -0.494 e. The molecule has 0 aliphatic rings. The number of carboxylic acid groups (broad SMARTS) is 1. The maximum atomic E-state index is 12.2. The maximum Gasteiger partial charge on any atom is 0.339 e. The zero-order valence-corrected chi connectivity index (χ0v) is 12.9. The summed E-state index contributed by atoms with van der Waals surface area (Å²) in [5.41, 5.74) is 0.462. The predicted molar refractivity (Wildman–Crippen MR) is 82.6 cm³/mol. The van der Waals surface area contributed by atoms with Gasteiger partial charge in [-0.2, -0.15) is 0 Å². The van der Waals surface area contributed by atoms with Crippen LogP contribution in [0.3, 0.4) is 0 Å². The summed E-state index contributed by atoms with van der Waals surface area (Å²) in [4.78, 5) is 35.6. The first-order valence-corrected chi connectivity index (χ1v) is 6.88. The van der Waals surface area contributed by atoms with Crippen molar-refractivity contribution in [3.63, 3.8) is 0 Å². The van der Waals surface area contributed by atoms with Crippen molar-refractivity contribution in [3.8, 4) is 5.75 Å². The molecular formula is C15H20N2O5. The van der Waals surface area contributed by atoms with Gasteiger partial charge in [0.05, 0.1) is 12.8 Å². The van der Waals surface area contributed by atoms with Gasteiger partial charge in [-0.05, 0) is 18.6 Å². The molecule has 0 atom stereocenters. The predicted octanol–water partition coefficient (Wildman–Crippen LogP) is 2.11. The summed E-state index contributed by atoms with van der Waals surface area (Å²) in [6.45, 7) is 1.97. The van der Waals surface area contributed by atoms with Crippen LogP contribution in [0.4, 0.5) is 11.4 Å². The second-order valence-corrected chi connectivity index (χ2v) is 4.67. The lowest BCUT2D eigenvalue weighted by Gasteiger charge is -2.23. The van der Waals surface area contributed by atoms with Gasteiger partial charge >= 0.3 is 5.97 Å². The van der Waals surface area contributed by atoms with Crippen LogP contribution in [-0.4, -0.2) is 37.6 Å². The lowest BCUT2D eigenvalue weighted by Crippen LogP contribution is -2.27. The molecular weight excluding hydrogens is 288 g/mol. The molecule has 7 heteroatoms. The Bertz CT molecular complexity index is 571. The Labute approximate surface area is 128 Å². The molecule has 0 saturated carbocycles. The fourth-order valence-electron chi connectivity index (χ4n) is 2.08. The molecule has 0 aliphatic carbocycles. The van der Waals surface area contributed by atoms with Gasteiger partial charge in [0.1, 0.15) is 11.3 Å². The summed E-state index contributed by atoms with van der Waals surface area (Å²) < 4.78 is 5.17. The zero-order valence-electron chi connectivity index (χ0n) is 12.9. The van der Waals surface area contributed by atoms with Crippen LogP contribution in [0.25, 0.3) is 0 Å². The number of hydrogen-bond donors (Lipinski definition) is 2. The number of methoxy groups -OCH3 is 1. The van der Waals surface area contributed by atoms with Crippen molar-refractivity contribution >= 4 is 29.7 Å². The number of anilines is 2. The quantitative estimate of drug-likeness (QED) is 0.717. The summed E-state index contributed by atoms with van der Waals surface area (Å²) in [7, 11) is 2.85. The number of carbonyl (C=O) groups is 3. The molecule has 1 aromatic carbocycles. The van der Waals surface area contributed by atoms with Crippen molar-refractivity contribution in [2.45, 2.75) is 26.2 Å². The number of aromatic carboxylic acids is 1. The lowest BCUT2D eigenvalue weighted by molar-refractivity contribution is -0.118. The Kier molecular flexibility index (Phi) is 6.37. The molecule has 0 spiro atoms. The number of hydrogen-bond acceptors (Lipinski definition) is 4. The first-order valence-electron chi connectivity index (χ1n) is 6.88. The SMILES string of the molecule is CCCCC(=O)N(C)c1c(NC=O)ccc(C(=O)O)c1OC. The summed E-state index contributed by atoms with van der Waals surface area (Å²) >= 11 is 0. The molecule has 1 aromatic rings.